The van der Waals surface area contributed by atoms with Crippen LogP contribution in [0.1, 0.15) is 63.3 Å². The minimum absolute atomic E-state index is 0. The van der Waals surface area contributed by atoms with E-state index in [0.29, 0.717) is 5.92 Å². The maximum absolute atomic E-state index is 2.72. The van der Waals surface area contributed by atoms with Crippen molar-refractivity contribution in [2.75, 3.05) is 0 Å². The van der Waals surface area contributed by atoms with Crippen molar-refractivity contribution < 1.29 is 46.1 Å². The molecular weight excluding hydrogens is 558 g/mol. The molecule has 0 radical (unpaired) electrons. The Bertz CT molecular complexity index is 1350. The van der Waals surface area contributed by atoms with Crippen LogP contribution in [0.4, 0.5) is 0 Å². The first-order valence-electron chi connectivity index (χ1n) is 12.7. The van der Waals surface area contributed by atoms with Gasteiger partial charge in [-0.1, -0.05) is 0 Å². The van der Waals surface area contributed by atoms with Crippen LogP contribution >= 0.6 is 0 Å². The third-order valence-corrected chi connectivity index (χ3v) is 14.9. The third-order valence-electron chi connectivity index (χ3n) is 7.50. The molecule has 1 unspecified atom stereocenters. The molecule has 3 aromatic rings. The van der Waals surface area contributed by atoms with Crippen molar-refractivity contribution in [1.82, 2.24) is 0 Å². The standard InChI is InChI=1S/C13H9.C12H19.C8H8.2ClH.Zr/c1-3-7-12-10(5-1)9-11-6-2-4-8-13(11)12;1-6-10-7-9(2)8-11(10)12(3,4)5;1-7-3-5-8(2)6-4-7;;;/h1-5,7-8H,9H2;8-9H,6H2,1-5H3;1,3-6H,2H3;2*1H;/q;;;;;+2/p-2. The number of fused-ring (bicyclic) bond motifs is 3. The Kier molecular flexibility index (Phi) is 9.25. The van der Waals surface area contributed by atoms with E-state index in [4.69, 9.17) is 0 Å². The van der Waals surface area contributed by atoms with E-state index in [2.05, 4.69) is 118 Å². The smallest absolute Gasteiger partial charge is 1.00 e. The van der Waals surface area contributed by atoms with Gasteiger partial charge in [-0.25, -0.2) is 0 Å². The van der Waals surface area contributed by atoms with Crippen molar-refractivity contribution in [2.45, 2.75) is 54.4 Å². The van der Waals surface area contributed by atoms with E-state index in [1.54, 1.807) is 23.3 Å². The molecule has 3 aromatic carbocycles. The minimum atomic E-state index is -2.38. The number of allylic oxidation sites excluding steroid dienone is 4. The molecule has 5 rings (SSSR count). The van der Waals surface area contributed by atoms with E-state index in [-0.39, 0.29) is 30.2 Å². The molecule has 1 atom stereocenters. The van der Waals surface area contributed by atoms with E-state index in [1.807, 2.05) is 0 Å². The Morgan fingerprint density at radius 3 is 2.22 bits per heavy atom. The fourth-order valence-electron chi connectivity index (χ4n) is 5.88. The van der Waals surface area contributed by atoms with Crippen LogP contribution in [-0.2, 0) is 27.7 Å². The van der Waals surface area contributed by atoms with Crippen molar-refractivity contribution in [2.24, 2.45) is 11.3 Å². The molecular formula is C33H36Cl2Zr. The van der Waals surface area contributed by atoms with Crippen molar-refractivity contribution in [3.05, 3.63) is 109 Å². The first-order chi connectivity index (χ1) is 16.3. The van der Waals surface area contributed by atoms with Crippen LogP contribution in [0.15, 0.2) is 87.2 Å². The molecule has 0 fully saturated rings. The second-order valence-electron chi connectivity index (χ2n) is 11.0. The minimum Gasteiger partial charge on any atom is -1.00 e. The zero-order valence-electron chi connectivity index (χ0n) is 22.3. The summed E-state index contributed by atoms with van der Waals surface area (Å²) in [5.41, 5.74) is 12.2. The fourth-order valence-corrected chi connectivity index (χ4v) is 13.7. The van der Waals surface area contributed by atoms with Crippen LogP contribution in [0.3, 0.4) is 0 Å². The number of aryl methyl sites for hydroxylation is 1. The van der Waals surface area contributed by atoms with Crippen molar-refractivity contribution >= 4 is 6.98 Å². The van der Waals surface area contributed by atoms with Gasteiger partial charge < -0.3 is 24.8 Å². The van der Waals surface area contributed by atoms with Crippen LogP contribution < -0.4 is 28.1 Å². The first-order valence-corrected chi connectivity index (χ1v) is 16.6. The molecule has 186 valence electrons. The molecule has 2 aliphatic carbocycles. The summed E-state index contributed by atoms with van der Waals surface area (Å²) in [6.45, 7) is 14.1. The molecule has 2 aliphatic rings. The Balaban J connectivity index is 0.00000180. The van der Waals surface area contributed by atoms with Gasteiger partial charge in [0.15, 0.2) is 0 Å². The second-order valence-corrected chi connectivity index (χ2v) is 16.4. The summed E-state index contributed by atoms with van der Waals surface area (Å²) in [7, 11) is 0. The zero-order valence-corrected chi connectivity index (χ0v) is 26.2. The average molecular weight is 595 g/mol. The molecule has 0 saturated heterocycles. The maximum Gasteiger partial charge on any atom is -1.00 e. The molecule has 0 aromatic heterocycles. The van der Waals surface area contributed by atoms with Gasteiger partial charge in [0, 0.05) is 0 Å². The van der Waals surface area contributed by atoms with Crippen LogP contribution in [0, 0.1) is 18.3 Å². The number of hydrogen-bond donors (Lipinski definition) is 0. The molecule has 0 aliphatic heterocycles. The van der Waals surface area contributed by atoms with E-state index < -0.39 is 21.3 Å². The summed E-state index contributed by atoms with van der Waals surface area (Å²) in [5, 5.41) is 0. The van der Waals surface area contributed by atoms with E-state index >= 15 is 0 Å². The van der Waals surface area contributed by atoms with Crippen LogP contribution in [0.25, 0.3) is 11.1 Å². The summed E-state index contributed by atoms with van der Waals surface area (Å²) in [5.74, 6) is 0.528. The Hall–Kier alpha value is -1.53. The quantitative estimate of drug-likeness (QED) is 0.339. The molecule has 0 amide bonds. The normalized spacial score (nSPS) is 16.2. The van der Waals surface area contributed by atoms with Gasteiger partial charge in [-0.15, -0.1) is 0 Å². The van der Waals surface area contributed by atoms with Crippen molar-refractivity contribution in [1.29, 1.82) is 0 Å². The van der Waals surface area contributed by atoms with Gasteiger partial charge in [0.2, 0.25) is 0 Å². The first kappa shape index (κ1) is 29.0. The Morgan fingerprint density at radius 1 is 0.889 bits per heavy atom. The Morgan fingerprint density at radius 2 is 1.56 bits per heavy atom. The van der Waals surface area contributed by atoms with E-state index in [9.17, 15) is 0 Å². The fraction of sp³-hybridized carbons (Fsp3) is 0.303. The van der Waals surface area contributed by atoms with Gasteiger partial charge in [-0.2, -0.15) is 0 Å². The monoisotopic (exact) mass is 592 g/mol. The molecule has 0 bridgehead atoms. The van der Waals surface area contributed by atoms with Gasteiger partial charge >= 0.3 is 215 Å². The molecule has 0 N–H and O–H groups in total. The predicted molar refractivity (Wildman–Crippen MR) is 145 cm³/mol. The van der Waals surface area contributed by atoms with E-state index in [0.717, 1.165) is 12.8 Å². The van der Waals surface area contributed by atoms with Gasteiger partial charge in [0.25, 0.3) is 0 Å². The zero-order chi connectivity index (χ0) is 24.0. The average Bonchev–Trinajstić information content (AvgIpc) is 3.36. The summed E-state index contributed by atoms with van der Waals surface area (Å²) in [6.07, 6.45) is 4.80. The maximum atomic E-state index is 2.72. The van der Waals surface area contributed by atoms with Crippen molar-refractivity contribution in [3.8, 4) is 11.1 Å². The third kappa shape index (κ3) is 5.36. The summed E-state index contributed by atoms with van der Waals surface area (Å²) in [4.78, 5) is 0. The number of halogens is 2. The summed E-state index contributed by atoms with van der Waals surface area (Å²) >= 11 is -2.38. The SMILES string of the molecule is CCC1=[C](/[Zr+2](=[CH]/c2ccc(C)cc2)[c]2cccc3c2Cc2ccccc2-3)C(C)C=C1C(C)(C)C.[Cl-].[Cl-]. The van der Waals surface area contributed by atoms with Crippen LogP contribution in [0.5, 0.6) is 0 Å². The Labute approximate surface area is 237 Å². The molecule has 0 nitrogen and oxygen atoms in total. The molecule has 0 heterocycles. The number of benzene rings is 3. The summed E-state index contributed by atoms with van der Waals surface area (Å²) in [6, 6.07) is 25.4. The van der Waals surface area contributed by atoms with Gasteiger partial charge in [0.05, 0.1) is 0 Å². The molecule has 0 spiro atoms. The molecule has 0 saturated carbocycles. The van der Waals surface area contributed by atoms with Crippen LogP contribution in [-0.4, -0.2) is 3.71 Å². The van der Waals surface area contributed by atoms with Gasteiger partial charge in [-0.05, 0) is 0 Å². The molecule has 36 heavy (non-hydrogen) atoms. The largest absolute Gasteiger partial charge is 1.00 e. The van der Waals surface area contributed by atoms with E-state index in [1.165, 1.54) is 27.8 Å². The molecule has 3 heteroatoms. The second kappa shape index (κ2) is 11.5. The van der Waals surface area contributed by atoms with Gasteiger partial charge in [-0.3, -0.25) is 0 Å². The topological polar surface area (TPSA) is 0 Å². The van der Waals surface area contributed by atoms with Crippen molar-refractivity contribution in [3.63, 3.8) is 0 Å². The summed E-state index contributed by atoms with van der Waals surface area (Å²) < 4.78 is 6.19. The van der Waals surface area contributed by atoms with Crippen LogP contribution in [0.2, 0.25) is 0 Å². The number of hydrogen-bond acceptors (Lipinski definition) is 0. The number of rotatable bonds is 4. The predicted octanol–water partition coefficient (Wildman–Crippen LogP) is 1.95. The van der Waals surface area contributed by atoms with Gasteiger partial charge in [0.1, 0.15) is 0 Å².